The van der Waals surface area contributed by atoms with Crippen molar-refractivity contribution in [2.24, 2.45) is 5.84 Å². The minimum atomic E-state index is 0.160. The molecule has 0 spiro atoms. The van der Waals surface area contributed by atoms with Gasteiger partial charge >= 0.3 is 0 Å². The van der Waals surface area contributed by atoms with Gasteiger partial charge in [0.25, 0.3) is 0 Å². The Kier molecular flexibility index (Phi) is 2.92. The summed E-state index contributed by atoms with van der Waals surface area (Å²) in [6.07, 6.45) is 2.13. The third-order valence-electron chi connectivity index (χ3n) is 2.48. The first-order valence-corrected chi connectivity index (χ1v) is 5.00. The van der Waals surface area contributed by atoms with Crippen molar-refractivity contribution in [2.45, 2.75) is 13.3 Å². The molecule has 3 nitrogen and oxygen atoms in total. The molecular formula is C12H13FN2O. The second-order valence-corrected chi connectivity index (χ2v) is 3.65. The van der Waals surface area contributed by atoms with E-state index in [9.17, 15) is 4.48 Å². The van der Waals surface area contributed by atoms with Gasteiger partial charge in [0.15, 0.2) is 0 Å². The van der Waals surface area contributed by atoms with Gasteiger partial charge in [0.1, 0.15) is 5.76 Å². The van der Waals surface area contributed by atoms with Crippen LogP contribution in [-0.2, 0) is 6.42 Å². The van der Waals surface area contributed by atoms with Gasteiger partial charge in [-0.3, -0.25) is 0 Å². The molecule has 2 aromatic rings. The predicted octanol–water partition coefficient (Wildman–Crippen LogP) is 2.74. The summed E-state index contributed by atoms with van der Waals surface area (Å²) in [6, 6.07) is 9.19. The Morgan fingerprint density at radius 1 is 1.31 bits per heavy atom. The molecule has 0 atom stereocenters. The van der Waals surface area contributed by atoms with Crippen LogP contribution in [0, 0.1) is 6.92 Å². The predicted molar refractivity (Wildman–Crippen MR) is 60.5 cm³/mol. The number of hydrogen-bond acceptors (Lipinski definition) is 3. The number of anilines is 1. The number of para-hydroxylation sites is 1. The topological polar surface area (TPSA) is 42.4 Å². The van der Waals surface area contributed by atoms with E-state index in [-0.39, 0.29) is 5.23 Å². The number of hydrazine groups is 1. The highest BCUT2D eigenvalue weighted by Crippen LogP contribution is 2.25. The van der Waals surface area contributed by atoms with Crippen LogP contribution in [0.15, 0.2) is 41.0 Å². The lowest BCUT2D eigenvalue weighted by molar-refractivity contribution is 0.441. The highest BCUT2D eigenvalue weighted by Gasteiger charge is 2.11. The standard InChI is InChI=1S/C12H13FN2O/c1-9-4-2-5-10(12(9)15(13)14)8-11-6-3-7-16-11/h2-7H,8,14H2,1H3. The Morgan fingerprint density at radius 2 is 2.12 bits per heavy atom. The maximum Gasteiger partial charge on any atom is 0.108 e. The number of benzene rings is 1. The highest BCUT2D eigenvalue weighted by atomic mass is 19.2. The van der Waals surface area contributed by atoms with Crippen LogP contribution >= 0.6 is 0 Å². The summed E-state index contributed by atoms with van der Waals surface area (Å²) in [5.41, 5.74) is 2.01. The van der Waals surface area contributed by atoms with E-state index in [2.05, 4.69) is 0 Å². The fraction of sp³-hybridized carbons (Fsp3) is 0.167. The van der Waals surface area contributed by atoms with Crippen LogP contribution in [0.2, 0.25) is 0 Å². The third kappa shape index (κ3) is 2.06. The van der Waals surface area contributed by atoms with E-state index < -0.39 is 0 Å². The van der Waals surface area contributed by atoms with Crippen LogP contribution in [-0.4, -0.2) is 0 Å². The molecule has 4 heteroatoms. The molecule has 0 aliphatic heterocycles. The van der Waals surface area contributed by atoms with E-state index in [0.29, 0.717) is 12.1 Å². The first-order chi connectivity index (χ1) is 7.68. The van der Waals surface area contributed by atoms with E-state index in [1.54, 1.807) is 12.3 Å². The molecule has 84 valence electrons. The van der Waals surface area contributed by atoms with Gasteiger partial charge in [-0.1, -0.05) is 22.7 Å². The van der Waals surface area contributed by atoms with Crippen LogP contribution in [0.1, 0.15) is 16.9 Å². The molecular weight excluding hydrogens is 207 g/mol. The molecule has 0 saturated carbocycles. The van der Waals surface area contributed by atoms with Gasteiger partial charge < -0.3 is 4.42 Å². The van der Waals surface area contributed by atoms with Crippen LogP contribution in [0.4, 0.5) is 10.2 Å². The fourth-order valence-corrected chi connectivity index (χ4v) is 1.77. The molecule has 1 aromatic heterocycles. The van der Waals surface area contributed by atoms with Gasteiger partial charge in [0.2, 0.25) is 0 Å². The Morgan fingerprint density at radius 3 is 2.75 bits per heavy atom. The van der Waals surface area contributed by atoms with Gasteiger partial charge in [-0.2, -0.15) is 0 Å². The first kappa shape index (κ1) is 10.7. The molecule has 0 unspecified atom stereocenters. The minimum Gasteiger partial charge on any atom is -0.469 e. The lowest BCUT2D eigenvalue weighted by Crippen LogP contribution is -2.22. The molecule has 0 aliphatic rings. The molecule has 2 rings (SSSR count). The quantitative estimate of drug-likeness (QED) is 0.491. The summed E-state index contributed by atoms with van der Waals surface area (Å²) >= 11 is 0. The molecule has 0 saturated heterocycles. The Hall–Kier alpha value is -1.81. The van der Waals surface area contributed by atoms with E-state index >= 15 is 0 Å². The van der Waals surface area contributed by atoms with Crippen LogP contribution in [0.5, 0.6) is 0 Å². The smallest absolute Gasteiger partial charge is 0.108 e. The lowest BCUT2D eigenvalue weighted by atomic mass is 10.0. The van der Waals surface area contributed by atoms with E-state index in [1.165, 1.54) is 0 Å². The molecule has 0 fully saturated rings. The summed E-state index contributed by atoms with van der Waals surface area (Å²) in [4.78, 5) is 0. The Labute approximate surface area is 93.2 Å². The van der Waals surface area contributed by atoms with Crippen LogP contribution in [0.3, 0.4) is 0 Å². The zero-order chi connectivity index (χ0) is 11.5. The molecule has 0 bridgehead atoms. The maximum atomic E-state index is 13.2. The van der Waals surface area contributed by atoms with E-state index in [0.717, 1.165) is 16.9 Å². The molecule has 16 heavy (non-hydrogen) atoms. The van der Waals surface area contributed by atoms with Gasteiger partial charge in [0.05, 0.1) is 12.0 Å². The van der Waals surface area contributed by atoms with Crippen molar-refractivity contribution < 1.29 is 8.90 Å². The van der Waals surface area contributed by atoms with Crippen LogP contribution in [0.25, 0.3) is 0 Å². The molecule has 0 aliphatic carbocycles. The van der Waals surface area contributed by atoms with Crippen molar-refractivity contribution in [1.82, 2.24) is 0 Å². The largest absolute Gasteiger partial charge is 0.469 e. The van der Waals surface area contributed by atoms with Gasteiger partial charge in [-0.15, -0.1) is 5.23 Å². The molecule has 1 aromatic carbocycles. The normalized spacial score (nSPS) is 10.4. The number of furan rings is 1. The third-order valence-corrected chi connectivity index (χ3v) is 2.48. The summed E-state index contributed by atoms with van der Waals surface area (Å²) in [5.74, 6) is 5.97. The van der Waals surface area contributed by atoms with Gasteiger partial charge in [0, 0.05) is 6.42 Å². The number of aryl methyl sites for hydroxylation is 1. The number of hydrogen-bond donors (Lipinski definition) is 1. The number of nitrogens with two attached hydrogens (primary N) is 1. The summed E-state index contributed by atoms with van der Waals surface area (Å²) in [5, 5.41) is 0.160. The first-order valence-electron chi connectivity index (χ1n) is 5.00. The lowest BCUT2D eigenvalue weighted by Gasteiger charge is -2.14. The van der Waals surface area contributed by atoms with Gasteiger partial charge in [-0.25, -0.2) is 5.84 Å². The fourth-order valence-electron chi connectivity index (χ4n) is 1.77. The number of nitrogens with zero attached hydrogens (tertiary/aromatic N) is 1. The maximum absolute atomic E-state index is 13.2. The van der Waals surface area contributed by atoms with Crippen molar-refractivity contribution >= 4 is 5.69 Å². The van der Waals surface area contributed by atoms with Crippen molar-refractivity contribution in [1.29, 1.82) is 0 Å². The Bertz CT molecular complexity index is 466. The SMILES string of the molecule is Cc1cccc(Cc2ccco2)c1N(N)F. The second kappa shape index (κ2) is 4.37. The number of halogens is 1. The Balaban J connectivity index is 2.37. The average molecular weight is 220 g/mol. The molecule has 0 radical (unpaired) electrons. The number of rotatable bonds is 3. The van der Waals surface area contributed by atoms with Gasteiger partial charge in [-0.05, 0) is 30.2 Å². The average Bonchev–Trinajstić information content (AvgIpc) is 2.70. The summed E-state index contributed by atoms with van der Waals surface area (Å²) < 4.78 is 18.4. The second-order valence-electron chi connectivity index (χ2n) is 3.65. The monoisotopic (exact) mass is 220 g/mol. The molecule has 0 amide bonds. The molecule has 2 N–H and O–H groups in total. The zero-order valence-corrected chi connectivity index (χ0v) is 8.98. The zero-order valence-electron chi connectivity index (χ0n) is 8.98. The van der Waals surface area contributed by atoms with Crippen molar-refractivity contribution in [3.05, 3.63) is 53.5 Å². The minimum absolute atomic E-state index is 0.160. The van der Waals surface area contributed by atoms with Crippen molar-refractivity contribution in [2.75, 3.05) is 5.23 Å². The highest BCUT2D eigenvalue weighted by molar-refractivity contribution is 5.57. The summed E-state index contributed by atoms with van der Waals surface area (Å²) in [7, 11) is 0. The van der Waals surface area contributed by atoms with Crippen LogP contribution < -0.4 is 11.1 Å². The van der Waals surface area contributed by atoms with E-state index in [1.807, 2.05) is 31.2 Å². The summed E-state index contributed by atoms with van der Waals surface area (Å²) in [6.45, 7) is 1.82. The van der Waals surface area contributed by atoms with Crippen molar-refractivity contribution in [3.8, 4) is 0 Å². The molecule has 1 heterocycles. The van der Waals surface area contributed by atoms with Crippen molar-refractivity contribution in [3.63, 3.8) is 0 Å². The van der Waals surface area contributed by atoms with E-state index in [4.69, 9.17) is 10.3 Å².